The van der Waals surface area contributed by atoms with Crippen LogP contribution in [0.5, 0.6) is 0 Å². The van der Waals surface area contributed by atoms with Gasteiger partial charge in [0, 0.05) is 0 Å². The number of rotatable bonds is 11. The Morgan fingerprint density at radius 2 is 1.32 bits per heavy atom. The van der Waals surface area contributed by atoms with Crippen LogP contribution in [0, 0.1) is 0 Å². The number of hydrogen-bond acceptors (Lipinski definition) is 1. The van der Waals surface area contributed by atoms with Crippen LogP contribution in [0.25, 0.3) is 16.7 Å². The van der Waals surface area contributed by atoms with E-state index in [0.717, 1.165) is 5.52 Å². The number of nitrogens with zero attached hydrogens (tertiary/aromatic N) is 2. The second-order valence-corrected chi connectivity index (χ2v) is 21.5. The van der Waals surface area contributed by atoms with Crippen LogP contribution in [0.15, 0.2) is 54.9 Å². The van der Waals surface area contributed by atoms with Crippen molar-refractivity contribution in [3.05, 3.63) is 54.9 Å². The van der Waals surface area contributed by atoms with Crippen LogP contribution in [0.2, 0.25) is 13.3 Å². The molecule has 2 nitrogen and oxygen atoms in total. The summed E-state index contributed by atoms with van der Waals surface area (Å²) in [6.07, 6.45) is 10.2. The number of benzene rings is 2. The predicted octanol–water partition coefficient (Wildman–Crippen LogP) is 7.08. The molecule has 0 aliphatic carbocycles. The van der Waals surface area contributed by atoms with E-state index in [4.69, 9.17) is 0 Å². The minimum atomic E-state index is -2.32. The Balaban J connectivity index is 1.93. The molecule has 0 unspecified atom stereocenters. The molecule has 0 aliphatic rings. The summed E-state index contributed by atoms with van der Waals surface area (Å²) in [7, 11) is 0. The van der Waals surface area contributed by atoms with Crippen LogP contribution in [0.4, 0.5) is 0 Å². The van der Waals surface area contributed by atoms with Crippen molar-refractivity contribution >= 4 is 33.0 Å². The van der Waals surface area contributed by atoms with Crippen LogP contribution >= 0.6 is 0 Å². The van der Waals surface area contributed by atoms with E-state index in [9.17, 15) is 0 Å². The average molecular weight is 483 g/mol. The molecule has 0 saturated heterocycles. The van der Waals surface area contributed by atoms with Gasteiger partial charge in [-0.25, -0.2) is 0 Å². The van der Waals surface area contributed by atoms with Crippen molar-refractivity contribution in [3.63, 3.8) is 0 Å². The van der Waals surface area contributed by atoms with E-state index < -0.39 is 18.4 Å². The van der Waals surface area contributed by atoms with Gasteiger partial charge >= 0.3 is 176 Å². The van der Waals surface area contributed by atoms with Crippen molar-refractivity contribution in [1.29, 1.82) is 0 Å². The standard InChI is InChI=1S/C13H9N2.3C4H9.Sn/c1-2-6-11(7-3-1)15-10-14-12-8-4-5-9-13(12)15;3*1-3-4-2;/h2-10H;3*1,3-4H2,2H3;. The number of aromatic nitrogens is 2. The molecular weight excluding hydrogens is 447 g/mol. The number of fused-ring (bicyclic) bond motifs is 1. The molecule has 1 aromatic heterocycles. The maximum atomic E-state index is 4.56. The second-order valence-electron chi connectivity index (χ2n) is 8.24. The van der Waals surface area contributed by atoms with Gasteiger partial charge in [0.15, 0.2) is 0 Å². The van der Waals surface area contributed by atoms with E-state index >= 15 is 0 Å². The maximum absolute atomic E-state index is 4.56. The van der Waals surface area contributed by atoms with Crippen LogP contribution in [0.1, 0.15) is 59.3 Å². The van der Waals surface area contributed by atoms with E-state index in [0.29, 0.717) is 0 Å². The monoisotopic (exact) mass is 484 g/mol. The molecule has 2 aromatic carbocycles. The molecule has 0 bridgehead atoms. The quantitative estimate of drug-likeness (QED) is 0.267. The SMILES string of the molecule is CCC[CH2][Sn]([CH2]CCC)([CH2]CCC)[c]1ccc(-n2cnc3ccccc32)cc1. The van der Waals surface area contributed by atoms with Crippen LogP contribution < -0.4 is 3.58 Å². The zero-order valence-corrected chi connectivity index (χ0v) is 20.8. The molecule has 0 saturated carbocycles. The summed E-state index contributed by atoms with van der Waals surface area (Å²) in [4.78, 5) is 4.56. The molecule has 0 spiro atoms. The fourth-order valence-corrected chi connectivity index (χ4v) is 20.4. The molecule has 3 aromatic rings. The third kappa shape index (κ3) is 4.81. The molecule has 0 aliphatic heterocycles. The summed E-state index contributed by atoms with van der Waals surface area (Å²) in [6, 6.07) is 18.1. The van der Waals surface area contributed by atoms with Gasteiger partial charge in [0.2, 0.25) is 0 Å². The summed E-state index contributed by atoms with van der Waals surface area (Å²) in [5.74, 6) is 0. The Bertz CT molecular complexity index is 829. The van der Waals surface area contributed by atoms with Crippen LogP contribution in [0.3, 0.4) is 0 Å². The summed E-state index contributed by atoms with van der Waals surface area (Å²) < 4.78 is 8.55. The third-order valence-corrected chi connectivity index (χ3v) is 21.9. The molecule has 3 heteroatoms. The van der Waals surface area contributed by atoms with E-state index in [2.05, 4.69) is 78.9 Å². The first-order valence-corrected chi connectivity index (χ1v) is 18.7. The Morgan fingerprint density at radius 1 is 0.750 bits per heavy atom. The second kappa shape index (κ2) is 10.5. The van der Waals surface area contributed by atoms with Gasteiger partial charge in [-0.1, -0.05) is 0 Å². The zero-order valence-electron chi connectivity index (χ0n) is 18.0. The molecule has 0 atom stereocenters. The van der Waals surface area contributed by atoms with Gasteiger partial charge in [0.25, 0.3) is 0 Å². The Morgan fingerprint density at radius 3 is 1.89 bits per heavy atom. The van der Waals surface area contributed by atoms with Gasteiger partial charge < -0.3 is 0 Å². The minimum absolute atomic E-state index is 1.06. The molecule has 0 fully saturated rings. The van der Waals surface area contributed by atoms with Crippen molar-refractivity contribution in [2.75, 3.05) is 0 Å². The van der Waals surface area contributed by atoms with Gasteiger partial charge in [0.1, 0.15) is 0 Å². The van der Waals surface area contributed by atoms with Crippen LogP contribution in [-0.4, -0.2) is 27.9 Å². The Kier molecular flexibility index (Phi) is 8.01. The van der Waals surface area contributed by atoms with E-state index in [1.54, 1.807) is 3.58 Å². The Labute approximate surface area is 175 Å². The topological polar surface area (TPSA) is 17.8 Å². The van der Waals surface area contributed by atoms with Crippen molar-refractivity contribution in [2.24, 2.45) is 0 Å². The Hall–Kier alpha value is -1.29. The van der Waals surface area contributed by atoms with Gasteiger partial charge in [-0.3, -0.25) is 0 Å². The predicted molar refractivity (Wildman–Crippen MR) is 126 cm³/mol. The number of unbranched alkanes of at least 4 members (excludes halogenated alkanes) is 3. The summed E-state index contributed by atoms with van der Waals surface area (Å²) in [5, 5.41) is 0. The van der Waals surface area contributed by atoms with Crippen molar-refractivity contribution in [2.45, 2.75) is 72.6 Å². The molecule has 0 amide bonds. The van der Waals surface area contributed by atoms with E-state index in [1.807, 2.05) is 6.33 Å². The molecule has 150 valence electrons. The summed E-state index contributed by atoms with van der Waals surface area (Å²) >= 11 is -2.32. The summed E-state index contributed by atoms with van der Waals surface area (Å²) in [5.41, 5.74) is 3.49. The van der Waals surface area contributed by atoms with Crippen molar-refractivity contribution in [1.82, 2.24) is 9.55 Å². The number of hydrogen-bond donors (Lipinski definition) is 0. The molecule has 0 N–H and O–H groups in total. The molecule has 1 heterocycles. The normalized spacial score (nSPS) is 12.0. The van der Waals surface area contributed by atoms with E-state index in [-0.39, 0.29) is 0 Å². The first-order chi connectivity index (χ1) is 13.7. The fourth-order valence-electron chi connectivity index (χ4n) is 4.49. The zero-order chi connectivity index (χ0) is 19.8. The first-order valence-electron chi connectivity index (χ1n) is 11.3. The fraction of sp³-hybridized carbons (Fsp3) is 0.480. The van der Waals surface area contributed by atoms with Crippen molar-refractivity contribution in [3.8, 4) is 5.69 Å². The van der Waals surface area contributed by atoms with Crippen molar-refractivity contribution < 1.29 is 0 Å². The summed E-state index contributed by atoms with van der Waals surface area (Å²) in [6.45, 7) is 7.05. The third-order valence-electron chi connectivity index (χ3n) is 6.24. The van der Waals surface area contributed by atoms with Gasteiger partial charge in [-0.2, -0.15) is 0 Å². The molecular formula is C25H36N2Sn. The molecule has 28 heavy (non-hydrogen) atoms. The van der Waals surface area contributed by atoms with Crippen LogP contribution in [-0.2, 0) is 0 Å². The number of imidazole rings is 1. The molecule has 0 radical (unpaired) electrons. The molecule has 3 rings (SSSR count). The van der Waals surface area contributed by atoms with Gasteiger partial charge in [-0.15, -0.1) is 0 Å². The average Bonchev–Trinajstić information content (AvgIpc) is 3.18. The van der Waals surface area contributed by atoms with E-state index in [1.165, 1.54) is 63.0 Å². The number of para-hydroxylation sites is 2. The first kappa shape index (κ1) is 21.4. The van der Waals surface area contributed by atoms with Gasteiger partial charge in [-0.05, 0) is 0 Å². The van der Waals surface area contributed by atoms with Gasteiger partial charge in [0.05, 0.1) is 0 Å².